The Morgan fingerprint density at radius 1 is 1.11 bits per heavy atom. The molecule has 7 heteroatoms. The summed E-state index contributed by atoms with van der Waals surface area (Å²) in [6.07, 6.45) is 1.96. The summed E-state index contributed by atoms with van der Waals surface area (Å²) in [4.78, 5) is 17.0. The lowest BCUT2D eigenvalue weighted by molar-refractivity contribution is -0.125. The van der Waals surface area contributed by atoms with E-state index in [1.54, 1.807) is 19.0 Å². The van der Waals surface area contributed by atoms with Gasteiger partial charge in [-0.2, -0.15) is 0 Å². The summed E-state index contributed by atoms with van der Waals surface area (Å²) in [5, 5.41) is 10.7. The molecule has 0 atom stereocenters. The molecule has 0 saturated carbocycles. The second kappa shape index (κ2) is 7.52. The minimum Gasteiger partial charge on any atom is -0.360 e. The number of aromatic amines is 1. The minimum atomic E-state index is 0.0398. The van der Waals surface area contributed by atoms with Gasteiger partial charge in [-0.25, -0.2) is 0 Å². The monoisotopic (exact) mass is 391 g/mol. The van der Waals surface area contributed by atoms with Gasteiger partial charge >= 0.3 is 0 Å². The molecule has 2 aromatic heterocycles. The van der Waals surface area contributed by atoms with E-state index in [1.165, 1.54) is 11.8 Å². The van der Waals surface area contributed by atoms with Crippen molar-refractivity contribution in [2.75, 3.05) is 19.8 Å². The van der Waals surface area contributed by atoms with Gasteiger partial charge in [-0.3, -0.25) is 9.36 Å². The van der Waals surface area contributed by atoms with Crippen molar-refractivity contribution in [3.63, 3.8) is 0 Å². The van der Waals surface area contributed by atoms with E-state index in [2.05, 4.69) is 40.3 Å². The predicted octanol–water partition coefficient (Wildman–Crippen LogP) is 3.90. The highest BCUT2D eigenvalue weighted by Crippen LogP contribution is 2.33. The Balaban J connectivity index is 1.85. The molecule has 2 aromatic carbocycles. The van der Waals surface area contributed by atoms with Gasteiger partial charge in [-0.15, -0.1) is 10.2 Å². The molecule has 0 radical (unpaired) electrons. The lowest BCUT2D eigenvalue weighted by Gasteiger charge is -2.13. The molecule has 2 heterocycles. The molecule has 4 rings (SSSR count). The number of nitrogens with zero attached hydrogens (tertiary/aromatic N) is 4. The standard InChI is InChI=1S/C21H21N5OS/c1-14-8-4-7-11-18(14)26-20(16-12-22-17-10-6-5-9-15(16)17)23-24-21(26)28-13-19(27)25(2)3/h4-12,22H,13H2,1-3H3. The second-order valence-corrected chi connectivity index (χ2v) is 7.70. The van der Waals surface area contributed by atoms with Crippen molar-refractivity contribution in [2.45, 2.75) is 12.1 Å². The van der Waals surface area contributed by atoms with Crippen LogP contribution in [0.25, 0.3) is 28.0 Å². The van der Waals surface area contributed by atoms with Gasteiger partial charge in [0.05, 0.1) is 11.4 Å². The van der Waals surface area contributed by atoms with E-state index in [1.807, 2.05) is 41.1 Å². The van der Waals surface area contributed by atoms with E-state index in [0.717, 1.165) is 33.5 Å². The SMILES string of the molecule is Cc1ccccc1-n1c(SCC(=O)N(C)C)nnc1-c1c[nH]c2ccccc12. The van der Waals surface area contributed by atoms with Crippen molar-refractivity contribution in [3.8, 4) is 17.1 Å². The van der Waals surface area contributed by atoms with Gasteiger partial charge in [0.25, 0.3) is 0 Å². The smallest absolute Gasteiger partial charge is 0.232 e. The van der Waals surface area contributed by atoms with Crippen LogP contribution < -0.4 is 0 Å². The number of carbonyl (C=O) groups is 1. The van der Waals surface area contributed by atoms with Crippen LogP contribution in [0.1, 0.15) is 5.56 Å². The Kier molecular flexibility index (Phi) is 4.92. The molecule has 0 unspecified atom stereocenters. The summed E-state index contributed by atoms with van der Waals surface area (Å²) >= 11 is 1.40. The molecule has 1 amide bonds. The van der Waals surface area contributed by atoms with Gasteiger partial charge in [0, 0.05) is 36.8 Å². The number of amides is 1. The number of fused-ring (bicyclic) bond motifs is 1. The number of aryl methyl sites for hydroxylation is 1. The fourth-order valence-electron chi connectivity index (χ4n) is 3.08. The van der Waals surface area contributed by atoms with Crippen LogP contribution in [0.4, 0.5) is 0 Å². The van der Waals surface area contributed by atoms with Gasteiger partial charge in [0.15, 0.2) is 11.0 Å². The highest BCUT2D eigenvalue weighted by atomic mass is 32.2. The third-order valence-corrected chi connectivity index (χ3v) is 5.56. The lowest BCUT2D eigenvalue weighted by Crippen LogP contribution is -2.23. The fraction of sp³-hybridized carbons (Fsp3) is 0.190. The first-order valence-electron chi connectivity index (χ1n) is 8.97. The molecule has 0 aliphatic rings. The van der Waals surface area contributed by atoms with Crippen molar-refractivity contribution in [3.05, 3.63) is 60.3 Å². The Labute approximate surface area is 167 Å². The number of hydrogen-bond donors (Lipinski definition) is 1. The van der Waals surface area contributed by atoms with Crippen LogP contribution in [0.2, 0.25) is 0 Å². The third kappa shape index (κ3) is 3.29. The number of aromatic nitrogens is 4. The molecule has 0 fully saturated rings. The summed E-state index contributed by atoms with van der Waals surface area (Å²) in [7, 11) is 3.51. The Morgan fingerprint density at radius 2 is 1.86 bits per heavy atom. The number of H-pyrrole nitrogens is 1. The van der Waals surface area contributed by atoms with Crippen molar-refractivity contribution in [2.24, 2.45) is 0 Å². The molecular formula is C21H21N5OS. The molecule has 0 saturated heterocycles. The lowest BCUT2D eigenvalue weighted by atomic mass is 10.1. The van der Waals surface area contributed by atoms with Crippen LogP contribution in [0, 0.1) is 6.92 Å². The van der Waals surface area contributed by atoms with Crippen LogP contribution >= 0.6 is 11.8 Å². The summed E-state index contributed by atoms with van der Waals surface area (Å²) in [5.74, 6) is 1.11. The topological polar surface area (TPSA) is 66.8 Å². The van der Waals surface area contributed by atoms with E-state index >= 15 is 0 Å². The third-order valence-electron chi connectivity index (χ3n) is 4.64. The number of benzene rings is 2. The summed E-state index contributed by atoms with van der Waals surface area (Å²) < 4.78 is 2.04. The van der Waals surface area contributed by atoms with Gasteiger partial charge in [-0.1, -0.05) is 48.2 Å². The van der Waals surface area contributed by atoms with Crippen LogP contribution in [0.5, 0.6) is 0 Å². The van der Waals surface area contributed by atoms with Crippen LogP contribution in [-0.4, -0.2) is 50.4 Å². The van der Waals surface area contributed by atoms with Gasteiger partial charge in [0.2, 0.25) is 5.91 Å². The molecule has 142 valence electrons. The first-order chi connectivity index (χ1) is 13.6. The Morgan fingerprint density at radius 3 is 2.64 bits per heavy atom. The molecule has 0 spiro atoms. The first kappa shape index (κ1) is 18.3. The van der Waals surface area contributed by atoms with E-state index in [-0.39, 0.29) is 5.91 Å². The zero-order valence-electron chi connectivity index (χ0n) is 16.0. The number of nitrogens with one attached hydrogen (secondary N) is 1. The highest BCUT2D eigenvalue weighted by Gasteiger charge is 2.20. The van der Waals surface area contributed by atoms with Crippen LogP contribution in [0.3, 0.4) is 0 Å². The molecule has 6 nitrogen and oxygen atoms in total. The van der Waals surface area contributed by atoms with E-state index in [0.29, 0.717) is 10.9 Å². The molecule has 4 aromatic rings. The van der Waals surface area contributed by atoms with E-state index in [4.69, 9.17) is 0 Å². The molecule has 1 N–H and O–H groups in total. The van der Waals surface area contributed by atoms with E-state index < -0.39 is 0 Å². The van der Waals surface area contributed by atoms with Gasteiger partial charge < -0.3 is 9.88 Å². The summed E-state index contributed by atoms with van der Waals surface area (Å²) in [5.41, 5.74) is 4.16. The molecule has 28 heavy (non-hydrogen) atoms. The van der Waals surface area contributed by atoms with Crippen LogP contribution in [0.15, 0.2) is 59.9 Å². The zero-order chi connectivity index (χ0) is 19.7. The maximum Gasteiger partial charge on any atom is 0.232 e. The number of thioether (sulfide) groups is 1. The quantitative estimate of drug-likeness (QED) is 0.524. The highest BCUT2D eigenvalue weighted by molar-refractivity contribution is 7.99. The number of rotatable bonds is 5. The molecule has 0 bridgehead atoms. The predicted molar refractivity (Wildman–Crippen MR) is 113 cm³/mol. The maximum atomic E-state index is 12.1. The molecule has 0 aliphatic carbocycles. The first-order valence-corrected chi connectivity index (χ1v) is 9.95. The molecule has 0 aliphatic heterocycles. The summed E-state index contributed by atoms with van der Waals surface area (Å²) in [6, 6.07) is 16.3. The Bertz CT molecular complexity index is 1140. The van der Waals surface area contributed by atoms with Crippen molar-refractivity contribution in [1.29, 1.82) is 0 Å². The van der Waals surface area contributed by atoms with Gasteiger partial charge in [0.1, 0.15) is 0 Å². The average molecular weight is 392 g/mol. The number of hydrogen-bond acceptors (Lipinski definition) is 4. The van der Waals surface area contributed by atoms with Crippen molar-refractivity contribution >= 4 is 28.6 Å². The van der Waals surface area contributed by atoms with E-state index in [9.17, 15) is 4.79 Å². The van der Waals surface area contributed by atoms with Crippen LogP contribution in [-0.2, 0) is 4.79 Å². The maximum absolute atomic E-state index is 12.1. The fourth-order valence-corrected chi connectivity index (χ4v) is 4.00. The minimum absolute atomic E-state index is 0.0398. The average Bonchev–Trinajstić information content (AvgIpc) is 3.30. The Hall–Kier alpha value is -3.06. The van der Waals surface area contributed by atoms with Gasteiger partial charge in [-0.05, 0) is 24.6 Å². The second-order valence-electron chi connectivity index (χ2n) is 6.75. The molecular weight excluding hydrogens is 370 g/mol. The van der Waals surface area contributed by atoms with Crippen molar-refractivity contribution < 1.29 is 4.79 Å². The largest absolute Gasteiger partial charge is 0.360 e. The number of carbonyl (C=O) groups excluding carboxylic acids is 1. The normalized spacial score (nSPS) is 11.1. The zero-order valence-corrected chi connectivity index (χ0v) is 16.8. The van der Waals surface area contributed by atoms with Crippen molar-refractivity contribution in [1.82, 2.24) is 24.6 Å². The number of para-hydroxylation sites is 2. The summed E-state index contributed by atoms with van der Waals surface area (Å²) in [6.45, 7) is 2.06.